The minimum absolute atomic E-state index is 0.0410. The molecule has 0 unspecified atom stereocenters. The first kappa shape index (κ1) is 30.1. The van der Waals surface area contributed by atoms with Crippen molar-refractivity contribution in [3.63, 3.8) is 0 Å². The maximum absolute atomic E-state index is 13.3. The van der Waals surface area contributed by atoms with E-state index in [0.29, 0.717) is 39.3 Å². The summed E-state index contributed by atoms with van der Waals surface area (Å²) in [6.45, 7) is 8.76. The van der Waals surface area contributed by atoms with Gasteiger partial charge in [-0.2, -0.15) is 0 Å². The molecule has 0 radical (unpaired) electrons. The summed E-state index contributed by atoms with van der Waals surface area (Å²) >= 11 is 0. The minimum Gasteiger partial charge on any atom is -0.504 e. The third-order valence-corrected chi connectivity index (χ3v) is 8.48. The Kier molecular flexibility index (Phi) is 7.95. The van der Waals surface area contributed by atoms with Crippen LogP contribution in [0.5, 0.6) is 34.5 Å². The van der Waals surface area contributed by atoms with E-state index in [2.05, 4.69) is 0 Å². The number of carbonyl (C=O) groups excluding carboxylic acids is 2. The quantitative estimate of drug-likeness (QED) is 0.253. The SMILES string of the molecule is CC=C(C)C(=O)O[C@@H]1c2cc3c(c(OC)c2-c2c(cc(OC)c(OC)c2O)[C@@H](OC(=O)C(C)=CC)[C@@]2(CO2)[C@H]1C)OCO3. The molecule has 0 bridgehead atoms. The summed E-state index contributed by atoms with van der Waals surface area (Å²) in [5.41, 5.74) is 1.05. The van der Waals surface area contributed by atoms with Crippen LogP contribution in [0.2, 0.25) is 0 Å². The molecule has 2 aromatic carbocycles. The number of esters is 2. The fraction of sp³-hybridized carbons (Fsp3) is 0.438. The van der Waals surface area contributed by atoms with E-state index in [1.54, 1.807) is 52.0 Å². The molecule has 2 heterocycles. The van der Waals surface area contributed by atoms with Crippen molar-refractivity contribution in [2.45, 2.75) is 52.4 Å². The van der Waals surface area contributed by atoms with Gasteiger partial charge in [-0.05, 0) is 39.8 Å². The van der Waals surface area contributed by atoms with E-state index in [1.807, 2.05) is 6.92 Å². The van der Waals surface area contributed by atoms with Crippen LogP contribution in [0, 0.1) is 5.92 Å². The number of hydrogen-bond donors (Lipinski definition) is 1. The fourth-order valence-electron chi connectivity index (χ4n) is 5.67. The highest BCUT2D eigenvalue weighted by Gasteiger charge is 2.63. The van der Waals surface area contributed by atoms with Gasteiger partial charge < -0.3 is 43.0 Å². The van der Waals surface area contributed by atoms with Gasteiger partial charge in [0.05, 0.1) is 27.9 Å². The zero-order chi connectivity index (χ0) is 31.2. The number of carbonyl (C=O) groups is 2. The Morgan fingerprint density at radius 2 is 1.53 bits per heavy atom. The molecule has 4 atom stereocenters. The Bertz CT molecular complexity index is 1530. The Balaban J connectivity index is 1.92. The maximum Gasteiger partial charge on any atom is 0.334 e. The molecule has 230 valence electrons. The Morgan fingerprint density at radius 1 is 0.907 bits per heavy atom. The molecular weight excluding hydrogens is 560 g/mol. The van der Waals surface area contributed by atoms with E-state index < -0.39 is 35.7 Å². The molecule has 0 saturated carbocycles. The van der Waals surface area contributed by atoms with E-state index in [9.17, 15) is 14.7 Å². The molecule has 11 nitrogen and oxygen atoms in total. The molecule has 11 heteroatoms. The number of hydrogen-bond acceptors (Lipinski definition) is 11. The molecule has 1 saturated heterocycles. The molecule has 43 heavy (non-hydrogen) atoms. The second kappa shape index (κ2) is 11.4. The van der Waals surface area contributed by atoms with Gasteiger partial charge in [0.2, 0.25) is 18.3 Å². The highest BCUT2D eigenvalue weighted by molar-refractivity contribution is 5.92. The van der Waals surface area contributed by atoms with Crippen molar-refractivity contribution >= 4 is 11.9 Å². The second-order valence-electron chi connectivity index (χ2n) is 10.6. The number of aromatic hydroxyl groups is 1. The van der Waals surface area contributed by atoms with Crippen molar-refractivity contribution in [1.82, 2.24) is 0 Å². The van der Waals surface area contributed by atoms with Crippen LogP contribution in [0.3, 0.4) is 0 Å². The predicted molar refractivity (Wildman–Crippen MR) is 154 cm³/mol. The predicted octanol–water partition coefficient (Wildman–Crippen LogP) is 5.33. The van der Waals surface area contributed by atoms with Crippen molar-refractivity contribution in [2.75, 3.05) is 34.7 Å². The molecule has 1 aliphatic carbocycles. The average Bonchev–Trinajstić information content (AvgIpc) is 3.69. The summed E-state index contributed by atoms with van der Waals surface area (Å²) < 4.78 is 47.2. The van der Waals surface area contributed by atoms with Gasteiger partial charge in [0.25, 0.3) is 0 Å². The van der Waals surface area contributed by atoms with Crippen LogP contribution in [0.15, 0.2) is 35.4 Å². The zero-order valence-corrected chi connectivity index (χ0v) is 25.5. The lowest BCUT2D eigenvalue weighted by Crippen LogP contribution is -2.39. The van der Waals surface area contributed by atoms with Crippen molar-refractivity contribution in [3.05, 3.63) is 46.6 Å². The second-order valence-corrected chi connectivity index (χ2v) is 10.6. The Labute approximate surface area is 249 Å². The van der Waals surface area contributed by atoms with Gasteiger partial charge in [0.1, 0.15) is 11.7 Å². The van der Waals surface area contributed by atoms with E-state index in [0.717, 1.165) is 0 Å². The number of allylic oxidation sites excluding steroid dienone is 2. The van der Waals surface area contributed by atoms with Gasteiger partial charge in [-0.25, -0.2) is 9.59 Å². The normalized spacial score (nSPS) is 23.9. The summed E-state index contributed by atoms with van der Waals surface area (Å²) in [6, 6.07) is 3.36. The monoisotopic (exact) mass is 596 g/mol. The first-order chi connectivity index (χ1) is 20.6. The first-order valence-electron chi connectivity index (χ1n) is 13.9. The number of phenols is 1. The minimum atomic E-state index is -1.14. The lowest BCUT2D eigenvalue weighted by molar-refractivity contribution is -0.158. The van der Waals surface area contributed by atoms with Gasteiger partial charge >= 0.3 is 11.9 Å². The van der Waals surface area contributed by atoms with Crippen LogP contribution in [0.25, 0.3) is 11.1 Å². The summed E-state index contributed by atoms with van der Waals surface area (Å²) in [7, 11) is 4.30. The van der Waals surface area contributed by atoms with Crippen LogP contribution in [0.1, 0.15) is 58.0 Å². The topological polar surface area (TPSA) is 132 Å². The summed E-state index contributed by atoms with van der Waals surface area (Å²) in [5, 5.41) is 11.9. The van der Waals surface area contributed by atoms with Gasteiger partial charge in [0, 0.05) is 39.3 Å². The molecule has 1 spiro atoms. The van der Waals surface area contributed by atoms with Crippen molar-refractivity contribution < 1.29 is 52.6 Å². The van der Waals surface area contributed by atoms with Crippen LogP contribution in [-0.2, 0) is 23.8 Å². The zero-order valence-electron chi connectivity index (χ0n) is 25.5. The molecule has 0 amide bonds. The van der Waals surface area contributed by atoms with E-state index >= 15 is 0 Å². The van der Waals surface area contributed by atoms with E-state index in [-0.39, 0.29) is 42.0 Å². The summed E-state index contributed by atoms with van der Waals surface area (Å²) in [6.07, 6.45) is 1.26. The van der Waals surface area contributed by atoms with Crippen molar-refractivity contribution in [1.29, 1.82) is 0 Å². The smallest absolute Gasteiger partial charge is 0.334 e. The summed E-state index contributed by atoms with van der Waals surface area (Å²) in [4.78, 5) is 26.6. The number of methoxy groups -OCH3 is 3. The molecule has 3 aliphatic rings. The highest BCUT2D eigenvalue weighted by atomic mass is 16.7. The van der Waals surface area contributed by atoms with E-state index in [4.69, 9.17) is 37.9 Å². The number of ether oxygens (including phenoxy) is 8. The summed E-state index contributed by atoms with van der Waals surface area (Å²) in [5.74, 6) is -0.840. The van der Waals surface area contributed by atoms with Crippen LogP contribution in [0.4, 0.5) is 0 Å². The molecule has 1 fully saturated rings. The molecule has 2 aromatic rings. The standard InChI is InChI=1S/C32H36O11/c1-9-15(3)30(34)42-25-17(5)32(13-41-32)29(43-31(35)16(4)10-2)19-12-20(36-6)26(37-7)24(33)22(19)23-18(25)11-21-27(28(23)38-8)40-14-39-21/h9-12,17,25,29,33H,13-14H2,1-8H3/t17-,25-,29+,32+/m0/s1. The third-order valence-electron chi connectivity index (χ3n) is 8.48. The number of rotatable bonds is 7. The third kappa shape index (κ3) is 4.71. The number of epoxide rings is 1. The van der Waals surface area contributed by atoms with Gasteiger partial charge in [-0.15, -0.1) is 0 Å². The van der Waals surface area contributed by atoms with Crippen LogP contribution >= 0.6 is 0 Å². The lowest BCUT2D eigenvalue weighted by atomic mass is 9.73. The molecule has 1 N–H and O–H groups in total. The Hall–Kier alpha value is -4.38. The number of benzene rings is 2. The van der Waals surface area contributed by atoms with Crippen LogP contribution < -0.4 is 23.7 Å². The van der Waals surface area contributed by atoms with Gasteiger partial charge in [0.15, 0.2) is 29.1 Å². The number of fused-ring (bicyclic) bond motifs is 4. The highest BCUT2D eigenvalue weighted by Crippen LogP contribution is 2.63. The fourth-order valence-corrected chi connectivity index (χ4v) is 5.67. The number of phenolic OH excluding ortho intramolecular Hbond substituents is 1. The average molecular weight is 597 g/mol. The van der Waals surface area contributed by atoms with E-state index in [1.165, 1.54) is 21.3 Å². The largest absolute Gasteiger partial charge is 0.504 e. The first-order valence-corrected chi connectivity index (χ1v) is 13.9. The lowest BCUT2D eigenvalue weighted by Gasteiger charge is -2.38. The van der Waals surface area contributed by atoms with Crippen molar-refractivity contribution in [3.8, 4) is 45.6 Å². The van der Waals surface area contributed by atoms with Crippen molar-refractivity contribution in [2.24, 2.45) is 5.92 Å². The Morgan fingerprint density at radius 3 is 2.09 bits per heavy atom. The molecule has 0 aromatic heterocycles. The van der Waals surface area contributed by atoms with Gasteiger partial charge in [-0.3, -0.25) is 0 Å². The van der Waals surface area contributed by atoms with Crippen LogP contribution in [-0.4, -0.2) is 57.4 Å². The maximum atomic E-state index is 13.3. The molecular formula is C32H36O11. The molecule has 5 rings (SSSR count). The van der Waals surface area contributed by atoms with Gasteiger partial charge in [-0.1, -0.05) is 19.1 Å². The molecule has 2 aliphatic heterocycles.